The first-order valence-electron chi connectivity index (χ1n) is 5.81. The number of hydrogen-bond acceptors (Lipinski definition) is 3. The van der Waals surface area contributed by atoms with E-state index in [9.17, 15) is 18.7 Å². The smallest absolute Gasteiger partial charge is 0.304 e. The third-order valence-corrected chi connectivity index (χ3v) is 3.50. The summed E-state index contributed by atoms with van der Waals surface area (Å²) in [6.07, 6.45) is -1.91. The SMILES string of the molecule is COc1cc(C(F)F)c(O)c(C2(CC(=O)O)CC2)c1. The Morgan fingerprint density at radius 3 is 2.53 bits per heavy atom. The first kappa shape index (κ1) is 13.6. The van der Waals surface area contributed by atoms with Gasteiger partial charge < -0.3 is 14.9 Å². The zero-order valence-corrected chi connectivity index (χ0v) is 10.3. The van der Waals surface area contributed by atoms with Crippen LogP contribution in [0.2, 0.25) is 0 Å². The minimum absolute atomic E-state index is 0.184. The van der Waals surface area contributed by atoms with Crippen molar-refractivity contribution >= 4 is 5.97 Å². The van der Waals surface area contributed by atoms with Gasteiger partial charge in [-0.2, -0.15) is 0 Å². The molecule has 1 fully saturated rings. The number of carboxylic acid groups (broad SMARTS) is 1. The summed E-state index contributed by atoms with van der Waals surface area (Å²) in [5.74, 6) is -1.34. The second-order valence-electron chi connectivity index (χ2n) is 4.76. The molecule has 0 atom stereocenters. The maximum absolute atomic E-state index is 12.9. The van der Waals surface area contributed by atoms with Crippen LogP contribution in [-0.4, -0.2) is 23.3 Å². The summed E-state index contributed by atoms with van der Waals surface area (Å²) in [5.41, 5.74) is -1.02. The number of aromatic hydroxyl groups is 1. The number of benzene rings is 1. The van der Waals surface area contributed by atoms with Crippen LogP contribution >= 0.6 is 0 Å². The molecule has 0 bridgehead atoms. The van der Waals surface area contributed by atoms with Crippen LogP contribution in [0.25, 0.3) is 0 Å². The highest BCUT2D eigenvalue weighted by molar-refractivity contribution is 5.71. The van der Waals surface area contributed by atoms with E-state index in [4.69, 9.17) is 9.84 Å². The Morgan fingerprint density at radius 1 is 1.47 bits per heavy atom. The maximum atomic E-state index is 12.9. The van der Waals surface area contributed by atoms with Crippen LogP contribution in [0.5, 0.6) is 11.5 Å². The van der Waals surface area contributed by atoms with Crippen molar-refractivity contribution in [3.8, 4) is 11.5 Å². The van der Waals surface area contributed by atoms with E-state index in [0.717, 1.165) is 6.07 Å². The quantitative estimate of drug-likeness (QED) is 0.865. The van der Waals surface area contributed by atoms with E-state index in [0.29, 0.717) is 12.8 Å². The van der Waals surface area contributed by atoms with Gasteiger partial charge in [0.2, 0.25) is 0 Å². The van der Waals surface area contributed by atoms with Gasteiger partial charge in [0, 0.05) is 11.0 Å². The molecule has 2 rings (SSSR count). The van der Waals surface area contributed by atoms with Crippen LogP contribution in [0.1, 0.15) is 36.8 Å². The monoisotopic (exact) mass is 272 g/mol. The van der Waals surface area contributed by atoms with Gasteiger partial charge in [0.25, 0.3) is 6.43 Å². The number of carboxylic acids is 1. The Balaban J connectivity index is 2.50. The highest BCUT2D eigenvalue weighted by Gasteiger charge is 2.48. The fourth-order valence-corrected chi connectivity index (χ4v) is 2.30. The molecule has 104 valence electrons. The largest absolute Gasteiger partial charge is 0.507 e. The van der Waals surface area contributed by atoms with E-state index >= 15 is 0 Å². The number of carbonyl (C=O) groups is 1. The molecule has 1 aromatic rings. The van der Waals surface area contributed by atoms with Crippen molar-refractivity contribution in [1.82, 2.24) is 0 Å². The summed E-state index contributed by atoms with van der Waals surface area (Å²) in [6, 6.07) is 2.51. The molecule has 1 aliphatic rings. The van der Waals surface area contributed by atoms with Crippen molar-refractivity contribution in [2.45, 2.75) is 31.1 Å². The van der Waals surface area contributed by atoms with Gasteiger partial charge in [0.15, 0.2) is 0 Å². The molecular formula is C13H14F2O4. The zero-order chi connectivity index (χ0) is 14.2. The van der Waals surface area contributed by atoms with Crippen LogP contribution in [0.15, 0.2) is 12.1 Å². The van der Waals surface area contributed by atoms with Crippen LogP contribution in [-0.2, 0) is 10.2 Å². The van der Waals surface area contributed by atoms with Gasteiger partial charge in [0.05, 0.1) is 19.1 Å². The van der Waals surface area contributed by atoms with E-state index in [1.165, 1.54) is 13.2 Å². The van der Waals surface area contributed by atoms with Crippen LogP contribution in [0.3, 0.4) is 0 Å². The molecule has 1 saturated carbocycles. The summed E-state index contributed by atoms with van der Waals surface area (Å²) in [6.45, 7) is 0. The van der Waals surface area contributed by atoms with Gasteiger partial charge in [-0.25, -0.2) is 8.78 Å². The first-order chi connectivity index (χ1) is 8.89. The van der Waals surface area contributed by atoms with E-state index in [2.05, 4.69) is 0 Å². The van der Waals surface area contributed by atoms with Crippen molar-refractivity contribution in [3.05, 3.63) is 23.3 Å². The summed E-state index contributed by atoms with van der Waals surface area (Å²) in [7, 11) is 1.34. The molecule has 0 heterocycles. The Bertz CT molecular complexity index is 510. The third kappa shape index (κ3) is 2.47. The molecule has 19 heavy (non-hydrogen) atoms. The number of phenolic OH excluding ortho intramolecular Hbond substituents is 1. The minimum Gasteiger partial charge on any atom is -0.507 e. The highest BCUT2D eigenvalue weighted by Crippen LogP contribution is 2.55. The lowest BCUT2D eigenvalue weighted by Crippen LogP contribution is -2.14. The molecule has 0 aromatic heterocycles. The Labute approximate surface area is 108 Å². The zero-order valence-electron chi connectivity index (χ0n) is 10.3. The summed E-state index contributed by atoms with van der Waals surface area (Å²) in [5, 5.41) is 18.8. The third-order valence-electron chi connectivity index (χ3n) is 3.50. The van der Waals surface area contributed by atoms with Crippen molar-refractivity contribution < 1.29 is 28.5 Å². The fourth-order valence-electron chi connectivity index (χ4n) is 2.30. The molecule has 0 amide bonds. The van der Waals surface area contributed by atoms with Gasteiger partial charge in [0.1, 0.15) is 11.5 Å². The topological polar surface area (TPSA) is 66.8 Å². The average Bonchev–Trinajstić information content (AvgIpc) is 3.08. The number of ether oxygens (including phenoxy) is 1. The van der Waals surface area contributed by atoms with Crippen molar-refractivity contribution in [2.24, 2.45) is 0 Å². The van der Waals surface area contributed by atoms with Crippen molar-refractivity contribution in [3.63, 3.8) is 0 Å². The van der Waals surface area contributed by atoms with E-state index in [1.807, 2.05) is 0 Å². The summed E-state index contributed by atoms with van der Waals surface area (Å²) in [4.78, 5) is 10.9. The molecule has 1 aliphatic carbocycles. The number of methoxy groups -OCH3 is 1. The molecular weight excluding hydrogens is 258 g/mol. The molecule has 1 aromatic carbocycles. The van der Waals surface area contributed by atoms with Gasteiger partial charge in [-0.3, -0.25) is 4.79 Å². The lowest BCUT2D eigenvalue weighted by molar-refractivity contribution is -0.137. The Kier molecular flexibility index (Phi) is 3.34. The molecule has 4 nitrogen and oxygen atoms in total. The number of alkyl halides is 2. The minimum atomic E-state index is -2.84. The summed E-state index contributed by atoms with van der Waals surface area (Å²) >= 11 is 0. The maximum Gasteiger partial charge on any atom is 0.304 e. The molecule has 0 aliphatic heterocycles. The average molecular weight is 272 g/mol. The predicted molar refractivity (Wildman–Crippen MR) is 62.8 cm³/mol. The van der Waals surface area contributed by atoms with Gasteiger partial charge in [-0.1, -0.05) is 0 Å². The van der Waals surface area contributed by atoms with Gasteiger partial charge in [-0.05, 0) is 25.0 Å². The molecule has 6 heteroatoms. The second kappa shape index (κ2) is 4.68. The molecule has 2 N–H and O–H groups in total. The van der Waals surface area contributed by atoms with Crippen LogP contribution in [0.4, 0.5) is 8.78 Å². The predicted octanol–water partition coefficient (Wildman–Crippen LogP) is 2.84. The Morgan fingerprint density at radius 2 is 2.11 bits per heavy atom. The summed E-state index contributed by atoms with van der Waals surface area (Å²) < 4.78 is 30.7. The van der Waals surface area contributed by atoms with E-state index < -0.39 is 29.1 Å². The molecule has 0 saturated heterocycles. The van der Waals surface area contributed by atoms with Crippen LogP contribution in [0, 0.1) is 0 Å². The molecule has 0 spiro atoms. The normalized spacial score (nSPS) is 16.4. The highest BCUT2D eigenvalue weighted by atomic mass is 19.3. The fraction of sp³-hybridized carbons (Fsp3) is 0.462. The first-order valence-corrected chi connectivity index (χ1v) is 5.81. The number of halogens is 2. The standard InChI is InChI=1S/C13H14F2O4/c1-19-7-4-8(12(14)15)11(18)9(5-7)13(2-3-13)6-10(16)17/h4-5,12,18H,2-3,6H2,1H3,(H,16,17). The number of phenols is 1. The number of aliphatic carboxylic acids is 1. The van der Waals surface area contributed by atoms with E-state index in [-0.39, 0.29) is 17.7 Å². The van der Waals surface area contributed by atoms with E-state index in [1.54, 1.807) is 0 Å². The number of rotatable bonds is 5. The van der Waals surface area contributed by atoms with Crippen LogP contribution < -0.4 is 4.74 Å². The van der Waals surface area contributed by atoms with Gasteiger partial charge >= 0.3 is 5.97 Å². The lowest BCUT2D eigenvalue weighted by Gasteiger charge is -2.18. The van der Waals surface area contributed by atoms with Crippen molar-refractivity contribution in [2.75, 3.05) is 7.11 Å². The van der Waals surface area contributed by atoms with Crippen molar-refractivity contribution in [1.29, 1.82) is 0 Å². The molecule has 0 radical (unpaired) electrons. The second-order valence-corrected chi connectivity index (χ2v) is 4.76. The van der Waals surface area contributed by atoms with Gasteiger partial charge in [-0.15, -0.1) is 0 Å². The Hall–Kier alpha value is -1.85. The molecule has 0 unspecified atom stereocenters. The lowest BCUT2D eigenvalue weighted by atomic mass is 9.89. The number of hydrogen-bond donors (Lipinski definition) is 2.